The van der Waals surface area contributed by atoms with Crippen molar-refractivity contribution in [2.75, 3.05) is 6.54 Å². The van der Waals surface area contributed by atoms with Crippen LogP contribution in [0.15, 0.2) is 42.5 Å². The summed E-state index contributed by atoms with van der Waals surface area (Å²) in [7, 11) is 0. The molecule has 0 aliphatic carbocycles. The van der Waals surface area contributed by atoms with Crippen LogP contribution in [0, 0.1) is 17.5 Å². The maximum absolute atomic E-state index is 13.4. The quantitative estimate of drug-likeness (QED) is 0.891. The van der Waals surface area contributed by atoms with Crippen molar-refractivity contribution in [3.63, 3.8) is 0 Å². The lowest BCUT2D eigenvalue weighted by Crippen LogP contribution is -2.30. The Labute approximate surface area is 125 Å². The van der Waals surface area contributed by atoms with E-state index in [9.17, 15) is 23.1 Å². The van der Waals surface area contributed by atoms with Crippen LogP contribution in [0.5, 0.6) is 0 Å². The molecule has 0 spiro atoms. The zero-order chi connectivity index (χ0) is 16.1. The third-order valence-electron chi connectivity index (χ3n) is 3.12. The number of amides is 1. The number of halogens is 3. The number of aliphatic hydroxyl groups excluding tert-OH is 1. The Morgan fingerprint density at radius 1 is 1.09 bits per heavy atom. The van der Waals surface area contributed by atoms with Gasteiger partial charge in [0.1, 0.15) is 17.5 Å². The van der Waals surface area contributed by atoms with Gasteiger partial charge in [-0.25, -0.2) is 13.2 Å². The SMILES string of the molecule is O=C(Cc1ccc(F)cc1F)NCC(O)c1ccccc1F. The lowest BCUT2D eigenvalue weighted by atomic mass is 10.1. The molecule has 0 aliphatic rings. The molecule has 0 fully saturated rings. The number of benzene rings is 2. The van der Waals surface area contributed by atoms with Gasteiger partial charge in [0.25, 0.3) is 0 Å². The molecule has 0 saturated heterocycles. The fourth-order valence-corrected chi connectivity index (χ4v) is 1.97. The molecule has 2 N–H and O–H groups in total. The first-order valence-corrected chi connectivity index (χ1v) is 6.60. The molecule has 2 aromatic rings. The topological polar surface area (TPSA) is 49.3 Å². The van der Waals surface area contributed by atoms with Crippen LogP contribution in [0.2, 0.25) is 0 Å². The molecule has 6 heteroatoms. The summed E-state index contributed by atoms with van der Waals surface area (Å²) in [5.74, 6) is -2.67. The van der Waals surface area contributed by atoms with Gasteiger partial charge in [0, 0.05) is 18.2 Å². The molecule has 0 radical (unpaired) electrons. The first kappa shape index (κ1) is 16.0. The number of carbonyl (C=O) groups is 1. The third kappa shape index (κ3) is 4.08. The maximum atomic E-state index is 13.4. The standard InChI is InChI=1S/C16H14F3NO2/c17-11-6-5-10(14(19)8-11)7-16(22)20-9-15(21)12-3-1-2-4-13(12)18/h1-6,8,15,21H,7,9H2,(H,20,22). The molecule has 0 aromatic heterocycles. The molecular weight excluding hydrogens is 295 g/mol. The van der Waals surface area contributed by atoms with E-state index in [-0.39, 0.29) is 24.1 Å². The first-order valence-electron chi connectivity index (χ1n) is 6.60. The maximum Gasteiger partial charge on any atom is 0.224 e. The van der Waals surface area contributed by atoms with Crippen LogP contribution in [-0.2, 0) is 11.2 Å². The molecule has 2 aromatic carbocycles. The molecule has 0 heterocycles. The van der Waals surface area contributed by atoms with Crippen molar-refractivity contribution in [3.8, 4) is 0 Å². The second-order valence-electron chi connectivity index (χ2n) is 4.75. The van der Waals surface area contributed by atoms with Crippen molar-refractivity contribution in [2.45, 2.75) is 12.5 Å². The predicted molar refractivity (Wildman–Crippen MR) is 74.4 cm³/mol. The Bertz CT molecular complexity index is 676. The lowest BCUT2D eigenvalue weighted by molar-refractivity contribution is -0.121. The van der Waals surface area contributed by atoms with Gasteiger partial charge in [-0.2, -0.15) is 0 Å². The summed E-state index contributed by atoms with van der Waals surface area (Å²) in [5, 5.41) is 12.2. The van der Waals surface area contributed by atoms with Crippen molar-refractivity contribution in [3.05, 3.63) is 71.0 Å². The minimum Gasteiger partial charge on any atom is -0.386 e. The molecule has 0 saturated carbocycles. The van der Waals surface area contributed by atoms with Crippen LogP contribution in [-0.4, -0.2) is 17.6 Å². The first-order chi connectivity index (χ1) is 10.5. The van der Waals surface area contributed by atoms with E-state index in [1.165, 1.54) is 24.3 Å². The van der Waals surface area contributed by atoms with Crippen molar-refractivity contribution in [2.24, 2.45) is 0 Å². The minimum absolute atomic E-state index is 0.0410. The van der Waals surface area contributed by atoms with Crippen LogP contribution in [0.4, 0.5) is 13.2 Å². The average molecular weight is 309 g/mol. The van der Waals surface area contributed by atoms with Crippen LogP contribution in [0.1, 0.15) is 17.2 Å². The Balaban J connectivity index is 1.91. The molecule has 1 atom stereocenters. The van der Waals surface area contributed by atoms with E-state index in [1.807, 2.05) is 0 Å². The highest BCUT2D eigenvalue weighted by atomic mass is 19.1. The fraction of sp³-hybridized carbons (Fsp3) is 0.188. The van der Waals surface area contributed by atoms with Crippen molar-refractivity contribution < 1.29 is 23.1 Å². The van der Waals surface area contributed by atoms with E-state index >= 15 is 0 Å². The molecular formula is C16H14F3NO2. The van der Waals surface area contributed by atoms with Crippen LogP contribution in [0.3, 0.4) is 0 Å². The van der Waals surface area contributed by atoms with Gasteiger partial charge in [0.05, 0.1) is 12.5 Å². The summed E-state index contributed by atoms with van der Waals surface area (Å²) in [4.78, 5) is 11.7. The van der Waals surface area contributed by atoms with Crippen LogP contribution < -0.4 is 5.32 Å². The van der Waals surface area contributed by atoms with E-state index in [0.29, 0.717) is 6.07 Å². The van der Waals surface area contributed by atoms with Gasteiger partial charge in [-0.3, -0.25) is 4.79 Å². The fourth-order valence-electron chi connectivity index (χ4n) is 1.97. The van der Waals surface area contributed by atoms with Gasteiger partial charge in [-0.15, -0.1) is 0 Å². The van der Waals surface area contributed by atoms with Gasteiger partial charge in [-0.1, -0.05) is 24.3 Å². The van der Waals surface area contributed by atoms with E-state index in [0.717, 1.165) is 6.07 Å². The highest BCUT2D eigenvalue weighted by molar-refractivity contribution is 5.78. The van der Waals surface area contributed by atoms with Crippen molar-refractivity contribution >= 4 is 5.91 Å². The summed E-state index contributed by atoms with van der Waals surface area (Å²) in [6.07, 6.45) is -1.50. The lowest BCUT2D eigenvalue weighted by Gasteiger charge is -2.13. The highest BCUT2D eigenvalue weighted by Crippen LogP contribution is 2.16. The molecule has 116 valence electrons. The number of carbonyl (C=O) groups excluding carboxylic acids is 1. The Morgan fingerprint density at radius 3 is 2.50 bits per heavy atom. The summed E-state index contributed by atoms with van der Waals surface area (Å²) in [6, 6.07) is 8.59. The summed E-state index contributed by atoms with van der Waals surface area (Å²) >= 11 is 0. The van der Waals surface area contributed by atoms with Crippen molar-refractivity contribution in [1.82, 2.24) is 5.32 Å². The smallest absolute Gasteiger partial charge is 0.224 e. The van der Waals surface area contributed by atoms with E-state index in [4.69, 9.17) is 0 Å². The van der Waals surface area contributed by atoms with E-state index < -0.39 is 29.5 Å². The summed E-state index contributed by atoms with van der Waals surface area (Å²) in [6.45, 7) is -0.206. The Kier molecular flexibility index (Phi) is 5.16. The summed E-state index contributed by atoms with van der Waals surface area (Å²) < 4.78 is 39.6. The molecule has 1 unspecified atom stereocenters. The number of rotatable bonds is 5. The summed E-state index contributed by atoms with van der Waals surface area (Å²) in [5.41, 5.74) is 0.107. The van der Waals surface area contributed by atoms with Gasteiger partial charge in [-0.05, 0) is 17.7 Å². The van der Waals surface area contributed by atoms with E-state index in [2.05, 4.69) is 5.32 Å². The predicted octanol–water partition coefficient (Wildman–Crippen LogP) is 2.50. The Morgan fingerprint density at radius 2 is 1.82 bits per heavy atom. The zero-order valence-corrected chi connectivity index (χ0v) is 11.5. The molecule has 2 rings (SSSR count). The number of aliphatic hydroxyl groups is 1. The van der Waals surface area contributed by atoms with Gasteiger partial charge >= 0.3 is 0 Å². The normalized spacial score (nSPS) is 12.0. The van der Waals surface area contributed by atoms with Crippen LogP contribution in [0.25, 0.3) is 0 Å². The minimum atomic E-state index is -1.21. The van der Waals surface area contributed by atoms with Crippen molar-refractivity contribution in [1.29, 1.82) is 0 Å². The third-order valence-corrected chi connectivity index (χ3v) is 3.12. The second kappa shape index (κ2) is 7.09. The molecule has 3 nitrogen and oxygen atoms in total. The van der Waals surface area contributed by atoms with E-state index in [1.54, 1.807) is 6.07 Å². The molecule has 0 aliphatic heterocycles. The molecule has 22 heavy (non-hydrogen) atoms. The number of hydrogen-bond acceptors (Lipinski definition) is 2. The Hall–Kier alpha value is -2.34. The van der Waals surface area contributed by atoms with Gasteiger partial charge < -0.3 is 10.4 Å². The zero-order valence-electron chi connectivity index (χ0n) is 11.5. The van der Waals surface area contributed by atoms with Crippen LogP contribution >= 0.6 is 0 Å². The second-order valence-corrected chi connectivity index (χ2v) is 4.75. The largest absolute Gasteiger partial charge is 0.386 e. The number of nitrogens with one attached hydrogen (secondary N) is 1. The monoisotopic (exact) mass is 309 g/mol. The molecule has 1 amide bonds. The molecule has 0 bridgehead atoms. The average Bonchev–Trinajstić information content (AvgIpc) is 2.48. The van der Waals surface area contributed by atoms with Gasteiger partial charge in [0.15, 0.2) is 0 Å². The number of hydrogen-bond donors (Lipinski definition) is 2. The highest BCUT2D eigenvalue weighted by Gasteiger charge is 2.14. The van der Waals surface area contributed by atoms with Gasteiger partial charge in [0.2, 0.25) is 5.91 Å².